The molecule has 2 amide bonds. The number of morpholine rings is 1. The zero-order valence-electron chi connectivity index (χ0n) is 21.8. The van der Waals surface area contributed by atoms with Crippen LogP contribution in [0.4, 0.5) is 0 Å². The lowest BCUT2D eigenvalue weighted by atomic mass is 9.94. The molecule has 3 aliphatic heterocycles. The van der Waals surface area contributed by atoms with Gasteiger partial charge in [0, 0.05) is 38.3 Å². The molecule has 3 aromatic rings. The van der Waals surface area contributed by atoms with E-state index < -0.39 is 18.0 Å². The molecule has 0 spiro atoms. The molecule has 3 aromatic carbocycles. The van der Waals surface area contributed by atoms with E-state index in [-0.39, 0.29) is 31.0 Å². The lowest BCUT2D eigenvalue weighted by Gasteiger charge is -2.42. The van der Waals surface area contributed by atoms with Crippen LogP contribution in [0.3, 0.4) is 0 Å². The highest BCUT2D eigenvalue weighted by molar-refractivity contribution is 5.93. The summed E-state index contributed by atoms with van der Waals surface area (Å²) in [5, 5.41) is 9.27. The zero-order valence-corrected chi connectivity index (χ0v) is 21.8. The standard InChI is InChI=1S/C31H33N3O5/c35-21-20-32-16-18-33(19-17-32)29(36)27-28-30(37)34(22-31(38-27,39-28)25-14-8-3-9-15-25)26(23-10-4-1-5-11-23)24-12-6-2-7-13-24/h1-15,26-28,35H,16-22H2/t27-,28-,31+/m1/s1. The van der Waals surface area contributed by atoms with Crippen molar-refractivity contribution >= 4 is 11.8 Å². The number of fused-ring (bicyclic) bond motifs is 2. The molecular formula is C31H33N3O5. The SMILES string of the molecule is O=C([C@@H]1O[C@@]2(c3ccccc3)CN(C(c3ccccc3)c3ccccc3)C(=O)[C@@H]1O2)N1CCN(CCO)CC1. The molecule has 0 aromatic heterocycles. The molecule has 6 rings (SSSR count). The van der Waals surface area contributed by atoms with E-state index in [1.807, 2.05) is 95.9 Å². The van der Waals surface area contributed by atoms with Crippen LogP contribution in [-0.2, 0) is 24.8 Å². The second kappa shape index (κ2) is 10.9. The van der Waals surface area contributed by atoms with E-state index in [0.717, 1.165) is 16.7 Å². The fourth-order valence-corrected chi connectivity index (χ4v) is 5.94. The van der Waals surface area contributed by atoms with Crippen LogP contribution in [0.1, 0.15) is 22.7 Å². The summed E-state index contributed by atoms with van der Waals surface area (Å²) in [6.45, 7) is 3.17. The Morgan fingerprint density at radius 2 is 1.41 bits per heavy atom. The van der Waals surface area contributed by atoms with Crippen LogP contribution in [0, 0.1) is 0 Å². The fourth-order valence-electron chi connectivity index (χ4n) is 5.94. The highest BCUT2D eigenvalue weighted by Crippen LogP contribution is 2.46. The van der Waals surface area contributed by atoms with Gasteiger partial charge < -0.3 is 24.4 Å². The van der Waals surface area contributed by atoms with E-state index in [2.05, 4.69) is 4.90 Å². The van der Waals surface area contributed by atoms with E-state index in [4.69, 9.17) is 9.47 Å². The smallest absolute Gasteiger partial charge is 0.256 e. The van der Waals surface area contributed by atoms with Crippen LogP contribution in [0.25, 0.3) is 0 Å². The largest absolute Gasteiger partial charge is 0.395 e. The fraction of sp³-hybridized carbons (Fsp3) is 0.355. The minimum absolute atomic E-state index is 0.0868. The van der Waals surface area contributed by atoms with Crippen molar-refractivity contribution in [3.05, 3.63) is 108 Å². The lowest BCUT2D eigenvalue weighted by molar-refractivity contribution is -0.221. The highest BCUT2D eigenvalue weighted by atomic mass is 16.8. The molecule has 202 valence electrons. The Labute approximate surface area is 228 Å². The lowest BCUT2D eigenvalue weighted by Crippen LogP contribution is -2.57. The third-order valence-corrected chi connectivity index (χ3v) is 7.91. The molecule has 8 nitrogen and oxygen atoms in total. The van der Waals surface area contributed by atoms with Crippen molar-refractivity contribution < 1.29 is 24.2 Å². The van der Waals surface area contributed by atoms with Crippen LogP contribution in [0.15, 0.2) is 91.0 Å². The number of amides is 2. The van der Waals surface area contributed by atoms with Gasteiger partial charge in [0.15, 0.2) is 12.2 Å². The van der Waals surface area contributed by atoms with Crippen molar-refractivity contribution in [1.29, 1.82) is 0 Å². The first-order valence-corrected chi connectivity index (χ1v) is 13.5. The first-order valence-electron chi connectivity index (χ1n) is 13.5. The number of ether oxygens (including phenoxy) is 2. The molecule has 8 heteroatoms. The Morgan fingerprint density at radius 3 is 1.97 bits per heavy atom. The van der Waals surface area contributed by atoms with Crippen molar-refractivity contribution in [3.8, 4) is 0 Å². The van der Waals surface area contributed by atoms with Gasteiger partial charge in [0.2, 0.25) is 5.79 Å². The molecule has 3 heterocycles. The minimum atomic E-state index is -1.26. The summed E-state index contributed by atoms with van der Waals surface area (Å²) in [5.41, 5.74) is 2.73. The predicted octanol–water partition coefficient (Wildman–Crippen LogP) is 2.39. The Morgan fingerprint density at radius 1 is 0.846 bits per heavy atom. The number of hydrogen-bond donors (Lipinski definition) is 1. The third-order valence-electron chi connectivity index (χ3n) is 7.91. The molecular weight excluding hydrogens is 494 g/mol. The summed E-state index contributed by atoms with van der Waals surface area (Å²) in [7, 11) is 0. The van der Waals surface area contributed by atoms with Crippen molar-refractivity contribution in [2.24, 2.45) is 0 Å². The van der Waals surface area contributed by atoms with Crippen molar-refractivity contribution in [2.45, 2.75) is 24.0 Å². The number of benzene rings is 3. The van der Waals surface area contributed by atoms with Crippen LogP contribution < -0.4 is 0 Å². The van der Waals surface area contributed by atoms with Gasteiger partial charge >= 0.3 is 0 Å². The highest BCUT2D eigenvalue weighted by Gasteiger charge is 2.61. The van der Waals surface area contributed by atoms with Gasteiger partial charge in [0.25, 0.3) is 11.8 Å². The van der Waals surface area contributed by atoms with Gasteiger partial charge in [0.1, 0.15) is 0 Å². The average molecular weight is 528 g/mol. The Hall–Kier alpha value is -3.56. The number of aliphatic hydroxyl groups is 1. The molecule has 1 N–H and O–H groups in total. The maximum atomic E-state index is 14.2. The average Bonchev–Trinajstić information content (AvgIpc) is 3.34. The van der Waals surface area contributed by atoms with Crippen molar-refractivity contribution in [3.63, 3.8) is 0 Å². The molecule has 0 saturated carbocycles. The molecule has 3 saturated heterocycles. The zero-order chi connectivity index (χ0) is 26.8. The molecule has 0 unspecified atom stereocenters. The quantitative estimate of drug-likeness (QED) is 0.508. The second-order valence-electron chi connectivity index (χ2n) is 10.3. The summed E-state index contributed by atoms with van der Waals surface area (Å²) >= 11 is 0. The van der Waals surface area contributed by atoms with Crippen LogP contribution in [-0.4, -0.2) is 89.7 Å². The molecule has 39 heavy (non-hydrogen) atoms. The minimum Gasteiger partial charge on any atom is -0.395 e. The normalized spacial score (nSPS) is 25.3. The van der Waals surface area contributed by atoms with E-state index in [1.165, 1.54) is 0 Å². The van der Waals surface area contributed by atoms with Gasteiger partial charge in [-0.1, -0.05) is 91.0 Å². The number of carbonyl (C=O) groups is 2. The van der Waals surface area contributed by atoms with Gasteiger partial charge in [-0.2, -0.15) is 0 Å². The first-order chi connectivity index (χ1) is 19.1. The molecule has 2 bridgehead atoms. The molecule has 0 radical (unpaired) electrons. The monoisotopic (exact) mass is 527 g/mol. The Bertz CT molecular complexity index is 1240. The van der Waals surface area contributed by atoms with Gasteiger partial charge in [-0.25, -0.2) is 0 Å². The maximum Gasteiger partial charge on any atom is 0.256 e. The maximum absolute atomic E-state index is 14.2. The van der Waals surface area contributed by atoms with Crippen molar-refractivity contribution in [1.82, 2.24) is 14.7 Å². The van der Waals surface area contributed by atoms with Gasteiger partial charge in [-0.05, 0) is 11.1 Å². The first kappa shape index (κ1) is 25.7. The summed E-state index contributed by atoms with van der Waals surface area (Å²) < 4.78 is 13.0. The molecule has 3 aliphatic rings. The number of piperazine rings is 1. The number of carbonyl (C=O) groups excluding carboxylic acids is 2. The topological polar surface area (TPSA) is 82.6 Å². The van der Waals surface area contributed by atoms with E-state index in [0.29, 0.717) is 32.7 Å². The molecule has 0 aliphatic carbocycles. The number of aliphatic hydroxyl groups excluding tert-OH is 1. The Balaban J connectivity index is 1.36. The predicted molar refractivity (Wildman–Crippen MR) is 144 cm³/mol. The van der Waals surface area contributed by atoms with E-state index in [9.17, 15) is 14.7 Å². The van der Waals surface area contributed by atoms with Crippen LogP contribution >= 0.6 is 0 Å². The molecule has 3 atom stereocenters. The van der Waals surface area contributed by atoms with E-state index in [1.54, 1.807) is 4.90 Å². The summed E-state index contributed by atoms with van der Waals surface area (Å²) in [6.07, 6.45) is -2.10. The number of hydrogen-bond acceptors (Lipinski definition) is 6. The van der Waals surface area contributed by atoms with Gasteiger partial charge in [0.05, 0.1) is 19.2 Å². The Kier molecular flexibility index (Phi) is 7.18. The molecule has 3 fully saturated rings. The van der Waals surface area contributed by atoms with Gasteiger partial charge in [-0.15, -0.1) is 0 Å². The van der Waals surface area contributed by atoms with E-state index >= 15 is 0 Å². The van der Waals surface area contributed by atoms with Crippen LogP contribution in [0.5, 0.6) is 0 Å². The number of β-amino-alcohol motifs (C(OH)–C–C–N with tert-alkyl or cyclic N) is 1. The van der Waals surface area contributed by atoms with Crippen LogP contribution in [0.2, 0.25) is 0 Å². The second-order valence-corrected chi connectivity index (χ2v) is 10.3. The third kappa shape index (κ3) is 4.85. The number of nitrogens with zero attached hydrogens (tertiary/aromatic N) is 3. The summed E-state index contributed by atoms with van der Waals surface area (Å²) in [5.74, 6) is -1.75. The van der Waals surface area contributed by atoms with Crippen molar-refractivity contribution in [2.75, 3.05) is 45.9 Å². The van der Waals surface area contributed by atoms with Gasteiger partial charge in [-0.3, -0.25) is 14.5 Å². The summed E-state index contributed by atoms with van der Waals surface area (Å²) in [6, 6.07) is 29.1. The summed E-state index contributed by atoms with van der Waals surface area (Å²) in [4.78, 5) is 33.7. The number of rotatable bonds is 7.